The summed E-state index contributed by atoms with van der Waals surface area (Å²) in [6, 6.07) is 0. The van der Waals surface area contributed by atoms with E-state index >= 15 is 0 Å². The van der Waals surface area contributed by atoms with Crippen LogP contribution in [0.5, 0.6) is 0 Å². The minimum Gasteiger partial charge on any atom is -0.466 e. The summed E-state index contributed by atoms with van der Waals surface area (Å²) in [7, 11) is -8.28. The second-order valence-corrected chi connectivity index (χ2v) is 29.4. The fraction of sp³-hybridized carbons (Fsp3) is 0.976. The molecule has 0 aromatic heterocycles. The van der Waals surface area contributed by atoms with E-state index in [4.69, 9.17) is 50.0 Å². The maximum absolute atomic E-state index is 14.8. The van der Waals surface area contributed by atoms with Crippen molar-refractivity contribution in [3.8, 4) is 0 Å². The molecule has 0 aliphatic carbocycles. The molecular formula is C41H86O16P4S2. The third kappa shape index (κ3) is 32.2. The number of rotatable bonds is 38. The van der Waals surface area contributed by atoms with Gasteiger partial charge in [-0.1, -0.05) is 55.4 Å². The van der Waals surface area contributed by atoms with Crippen LogP contribution in [0.4, 0.5) is 0 Å². The first kappa shape index (κ1) is 63.7. The minimum atomic E-state index is -4.23. The van der Waals surface area contributed by atoms with Crippen LogP contribution in [0.25, 0.3) is 0 Å². The zero-order valence-corrected chi connectivity index (χ0v) is 46.8. The van der Waals surface area contributed by atoms with Crippen LogP contribution in [0, 0.1) is 23.7 Å². The monoisotopic (exact) mass is 1020 g/mol. The van der Waals surface area contributed by atoms with Crippen LogP contribution in [-0.2, 0) is 73.0 Å². The number of esters is 1. The average molecular weight is 1020 g/mol. The molecule has 0 aromatic rings. The van der Waals surface area contributed by atoms with Gasteiger partial charge in [0.2, 0.25) is 0 Å². The molecule has 378 valence electrons. The lowest BCUT2D eigenvalue weighted by Crippen LogP contribution is -2.22. The van der Waals surface area contributed by atoms with Gasteiger partial charge in [-0.05, 0) is 141 Å². The molecule has 0 fully saturated rings. The van der Waals surface area contributed by atoms with Gasteiger partial charge in [0, 0.05) is 11.5 Å². The number of hydrogen-bond donors (Lipinski definition) is 0. The smallest absolute Gasteiger partial charge is 0.466 e. The molecule has 0 saturated heterocycles. The number of carbonyl (C=O) groups excluding carboxylic acids is 1. The fourth-order valence-corrected chi connectivity index (χ4v) is 17.5. The molecule has 0 N–H and O–H groups in total. The fourth-order valence-electron chi connectivity index (χ4n) is 6.13. The Kier molecular flexibility index (Phi) is 32.1. The highest BCUT2D eigenvalue weighted by Crippen LogP contribution is 2.66. The van der Waals surface area contributed by atoms with Gasteiger partial charge in [0.25, 0.3) is 0 Å². The summed E-state index contributed by atoms with van der Waals surface area (Å²) in [4.78, 5) is 12.0. The van der Waals surface area contributed by atoms with Gasteiger partial charge in [-0.3, -0.25) is 50.0 Å². The average Bonchev–Trinajstić information content (AvgIpc) is 3.07. The van der Waals surface area contributed by atoms with Gasteiger partial charge in [0.05, 0.1) is 75.1 Å². The molecule has 0 aliphatic rings. The number of hydrogen-bond acceptors (Lipinski definition) is 18. The molecule has 8 unspecified atom stereocenters. The molecule has 0 aliphatic heterocycles. The zero-order chi connectivity index (χ0) is 48.8. The van der Waals surface area contributed by atoms with Gasteiger partial charge in [-0.15, -0.1) is 0 Å². The second-order valence-electron chi connectivity index (χ2n) is 18.1. The molecule has 0 amide bonds. The van der Waals surface area contributed by atoms with Gasteiger partial charge >= 0.3 is 35.2 Å². The predicted molar refractivity (Wildman–Crippen MR) is 256 cm³/mol. The van der Waals surface area contributed by atoms with Crippen LogP contribution in [0.2, 0.25) is 0 Å². The highest BCUT2D eigenvalue weighted by Gasteiger charge is 2.39. The Bertz CT molecular complexity index is 1340. The highest BCUT2D eigenvalue weighted by atomic mass is 32.7. The van der Waals surface area contributed by atoms with Crippen molar-refractivity contribution < 1.29 is 73.0 Å². The molecule has 22 heteroatoms. The molecule has 0 heterocycles. The summed E-state index contributed by atoms with van der Waals surface area (Å²) in [6.07, 6.45) is -2.64. The third-order valence-corrected chi connectivity index (χ3v) is 19.5. The Balaban J connectivity index is 6.50. The molecule has 0 radical (unpaired) electrons. The van der Waals surface area contributed by atoms with Gasteiger partial charge in [-0.2, -0.15) is 0 Å². The zero-order valence-electron chi connectivity index (χ0n) is 41.6. The van der Waals surface area contributed by atoms with Crippen LogP contribution in [0.3, 0.4) is 0 Å². The van der Waals surface area contributed by atoms with Crippen molar-refractivity contribution in [3.05, 3.63) is 0 Å². The van der Waals surface area contributed by atoms with E-state index in [-0.39, 0.29) is 61.4 Å². The first-order valence-electron chi connectivity index (χ1n) is 22.5. The Hall–Kier alpha value is 0.690. The summed E-state index contributed by atoms with van der Waals surface area (Å²) in [6.45, 7) is 24.8. The van der Waals surface area contributed by atoms with Gasteiger partial charge in [0.1, 0.15) is 0 Å². The SMILES string of the molecule is CCOC(=O)CCSP(=O)(OC(C)C)OC(C)CSP(=O)(OC(C)COP(=O)(OC(C)CC(C)C)OC(C)CC(C)C)OC(C)COP(=O)(OC(C)CC(C)C)OC(C)CC(C)C. The van der Waals surface area contributed by atoms with Crippen molar-refractivity contribution in [1.82, 2.24) is 0 Å². The van der Waals surface area contributed by atoms with Crippen LogP contribution < -0.4 is 0 Å². The van der Waals surface area contributed by atoms with E-state index in [1.54, 1.807) is 69.2 Å². The topological polar surface area (TPSA) is 187 Å². The van der Waals surface area contributed by atoms with E-state index in [2.05, 4.69) is 0 Å². The predicted octanol–water partition coefficient (Wildman–Crippen LogP) is 14.3. The standard InChI is InChI=1S/C41H86O16P4S2/c1-19-47-41(42)20-21-62-60(45,50-33(10)11)57-40(18)28-63-61(46,55-38(16)26-48-58(43,51-34(12)22-29(2)3)52-35(13)23-30(4)5)56-39(17)27-49-59(44,53-36(14)24-31(6)7)54-37(15)25-32(8)9/h29-40H,19-28H2,1-18H3. The lowest BCUT2D eigenvalue weighted by Gasteiger charge is -2.29. The van der Waals surface area contributed by atoms with Crippen molar-refractivity contribution in [2.75, 3.05) is 31.3 Å². The summed E-state index contributed by atoms with van der Waals surface area (Å²) in [5.41, 5.74) is 0. The largest absolute Gasteiger partial charge is 0.475 e. The summed E-state index contributed by atoms with van der Waals surface area (Å²) in [5, 5.41) is 0. The van der Waals surface area contributed by atoms with E-state index in [9.17, 15) is 23.1 Å². The number of phosphoric ester groups is 2. The van der Waals surface area contributed by atoms with Gasteiger partial charge < -0.3 is 4.74 Å². The lowest BCUT2D eigenvalue weighted by atomic mass is 10.1. The van der Waals surface area contributed by atoms with Crippen LogP contribution in [-0.4, -0.2) is 86.1 Å². The van der Waals surface area contributed by atoms with Crippen molar-refractivity contribution in [1.29, 1.82) is 0 Å². The van der Waals surface area contributed by atoms with E-state index in [1.165, 1.54) is 0 Å². The third-order valence-electron chi connectivity index (χ3n) is 7.98. The number of carbonyl (C=O) groups is 1. The van der Waals surface area contributed by atoms with E-state index in [0.29, 0.717) is 25.7 Å². The van der Waals surface area contributed by atoms with Gasteiger partial charge in [0.15, 0.2) is 0 Å². The first-order valence-corrected chi connectivity index (χ1v) is 31.7. The molecule has 0 saturated carbocycles. The van der Waals surface area contributed by atoms with Crippen LogP contribution >= 0.6 is 52.0 Å². The minimum absolute atomic E-state index is 0.000178. The molecule has 16 nitrogen and oxygen atoms in total. The van der Waals surface area contributed by atoms with Crippen molar-refractivity contribution in [3.63, 3.8) is 0 Å². The van der Waals surface area contributed by atoms with E-state index in [0.717, 1.165) is 22.8 Å². The quantitative estimate of drug-likeness (QED) is 0.0419. The molecule has 0 rings (SSSR count). The first-order chi connectivity index (χ1) is 28.9. The van der Waals surface area contributed by atoms with Crippen molar-refractivity contribution in [2.24, 2.45) is 23.7 Å². The maximum Gasteiger partial charge on any atom is 0.475 e. The summed E-state index contributed by atoms with van der Waals surface area (Å²) >= 11 is 1.64. The summed E-state index contributed by atoms with van der Waals surface area (Å²) in [5.74, 6) is 0.656. The molecule has 0 bridgehead atoms. The molecular weight excluding hydrogens is 936 g/mol. The van der Waals surface area contributed by atoms with E-state index < -0.39 is 84.0 Å². The number of ether oxygens (including phenoxy) is 1. The Morgan fingerprint density at radius 2 is 0.778 bits per heavy atom. The van der Waals surface area contributed by atoms with Gasteiger partial charge in [-0.25, -0.2) is 18.3 Å². The Labute approximate surface area is 390 Å². The normalized spacial score (nSPS) is 19.9. The second kappa shape index (κ2) is 31.7. The van der Waals surface area contributed by atoms with Crippen LogP contribution in [0.1, 0.15) is 157 Å². The maximum atomic E-state index is 14.8. The van der Waals surface area contributed by atoms with Crippen LogP contribution in [0.15, 0.2) is 0 Å². The Morgan fingerprint density at radius 1 is 0.444 bits per heavy atom. The van der Waals surface area contributed by atoms with Crippen molar-refractivity contribution in [2.45, 2.75) is 206 Å². The number of phosphoric acid groups is 2. The molecule has 0 spiro atoms. The highest BCUT2D eigenvalue weighted by molar-refractivity contribution is 8.55. The molecule has 8 atom stereocenters. The molecule has 63 heavy (non-hydrogen) atoms. The van der Waals surface area contributed by atoms with E-state index in [1.807, 2.05) is 55.4 Å². The molecule has 0 aromatic carbocycles. The summed E-state index contributed by atoms with van der Waals surface area (Å²) < 4.78 is 121. The van der Waals surface area contributed by atoms with Crippen molar-refractivity contribution >= 4 is 58.0 Å². The lowest BCUT2D eigenvalue weighted by molar-refractivity contribution is -0.142. The Morgan fingerprint density at radius 3 is 1.10 bits per heavy atom.